The van der Waals surface area contributed by atoms with Gasteiger partial charge < -0.3 is 10.4 Å². The number of hydrogen-bond acceptors (Lipinski definition) is 4. The quantitative estimate of drug-likeness (QED) is 0.857. The normalized spacial score (nSPS) is 15.2. The van der Waals surface area contributed by atoms with Crippen molar-refractivity contribution in [2.24, 2.45) is 0 Å². The van der Waals surface area contributed by atoms with Crippen LogP contribution in [0.2, 0.25) is 0 Å². The Morgan fingerprint density at radius 1 is 1.25 bits per heavy atom. The first-order chi connectivity index (χ1) is 9.81. The monoisotopic (exact) mass is 288 g/mol. The Kier molecular flexibility index (Phi) is 4.45. The van der Waals surface area contributed by atoms with Gasteiger partial charge in [-0.3, -0.25) is 0 Å². The van der Waals surface area contributed by atoms with Gasteiger partial charge in [0.15, 0.2) is 0 Å². The third-order valence-electron chi connectivity index (χ3n) is 3.61. The molecule has 4 heteroatoms. The zero-order valence-corrected chi connectivity index (χ0v) is 12.3. The van der Waals surface area contributed by atoms with Crippen molar-refractivity contribution >= 4 is 11.3 Å². The Labute approximate surface area is 123 Å². The molecule has 1 aliphatic carbocycles. The van der Waals surface area contributed by atoms with E-state index in [9.17, 15) is 5.11 Å². The van der Waals surface area contributed by atoms with Crippen molar-refractivity contribution in [1.29, 1.82) is 0 Å². The Balaban J connectivity index is 1.43. The fraction of sp³-hybridized carbons (Fsp3) is 0.438. The van der Waals surface area contributed by atoms with E-state index in [1.807, 2.05) is 29.5 Å². The maximum Gasteiger partial charge on any atom is 0.107 e. The van der Waals surface area contributed by atoms with E-state index in [-0.39, 0.29) is 6.10 Å². The van der Waals surface area contributed by atoms with Crippen molar-refractivity contribution in [2.75, 3.05) is 6.54 Å². The minimum Gasteiger partial charge on any atom is -0.391 e. The molecular formula is C16H20N2OS. The minimum absolute atomic E-state index is 0.343. The molecule has 1 atom stereocenters. The molecule has 0 saturated carbocycles. The number of aromatic nitrogens is 1. The third kappa shape index (κ3) is 3.45. The topological polar surface area (TPSA) is 45.1 Å². The molecule has 0 fully saturated rings. The molecule has 2 N–H and O–H groups in total. The molecule has 1 aromatic carbocycles. The van der Waals surface area contributed by atoms with Gasteiger partial charge in [-0.05, 0) is 31.2 Å². The third-order valence-corrected chi connectivity index (χ3v) is 4.77. The van der Waals surface area contributed by atoms with Crippen LogP contribution in [0.4, 0.5) is 0 Å². The molecule has 0 radical (unpaired) electrons. The van der Waals surface area contributed by atoms with Gasteiger partial charge in [-0.15, -0.1) is 11.3 Å². The highest BCUT2D eigenvalue weighted by Gasteiger charge is 2.16. The summed E-state index contributed by atoms with van der Waals surface area (Å²) in [5, 5.41) is 14.5. The van der Waals surface area contributed by atoms with Crippen LogP contribution in [0.25, 0.3) is 0 Å². The van der Waals surface area contributed by atoms with E-state index >= 15 is 0 Å². The van der Waals surface area contributed by atoms with Crippen LogP contribution in [0, 0.1) is 0 Å². The summed E-state index contributed by atoms with van der Waals surface area (Å²) in [6.45, 7) is 1.38. The van der Waals surface area contributed by atoms with Crippen molar-refractivity contribution < 1.29 is 5.11 Å². The molecule has 3 nitrogen and oxygen atoms in total. The molecule has 3 rings (SSSR count). The van der Waals surface area contributed by atoms with Gasteiger partial charge in [0.2, 0.25) is 0 Å². The summed E-state index contributed by atoms with van der Waals surface area (Å²) in [4.78, 5) is 6.11. The molecule has 2 aromatic rings. The first-order valence-corrected chi connectivity index (χ1v) is 8.03. The lowest BCUT2D eigenvalue weighted by molar-refractivity contribution is 0.171. The van der Waals surface area contributed by atoms with Crippen LogP contribution in [-0.4, -0.2) is 22.7 Å². The number of nitrogens with zero attached hydrogens (tertiary/aromatic N) is 1. The van der Waals surface area contributed by atoms with Crippen LogP contribution in [-0.2, 0) is 25.8 Å². The second kappa shape index (κ2) is 6.48. The van der Waals surface area contributed by atoms with Gasteiger partial charge in [0.1, 0.15) is 5.01 Å². The van der Waals surface area contributed by atoms with Gasteiger partial charge in [0.25, 0.3) is 0 Å². The molecule has 0 amide bonds. The van der Waals surface area contributed by atoms with Crippen LogP contribution in [0.5, 0.6) is 0 Å². The van der Waals surface area contributed by atoms with Crippen molar-refractivity contribution in [3.05, 3.63) is 51.5 Å². The molecule has 0 spiro atoms. The first kappa shape index (κ1) is 13.7. The van der Waals surface area contributed by atoms with Gasteiger partial charge >= 0.3 is 0 Å². The van der Waals surface area contributed by atoms with E-state index in [1.165, 1.54) is 29.0 Å². The summed E-state index contributed by atoms with van der Waals surface area (Å²) < 4.78 is 0. The SMILES string of the molecule is OC(CNCc1nc2c(s1)CCC2)Cc1ccccc1. The molecule has 1 aliphatic rings. The van der Waals surface area contributed by atoms with Gasteiger partial charge in [-0.2, -0.15) is 0 Å². The summed E-state index contributed by atoms with van der Waals surface area (Å²) >= 11 is 1.82. The minimum atomic E-state index is -0.343. The molecule has 1 heterocycles. The first-order valence-electron chi connectivity index (χ1n) is 7.21. The molecular weight excluding hydrogens is 268 g/mol. The highest BCUT2D eigenvalue weighted by atomic mass is 32.1. The number of aliphatic hydroxyl groups excluding tert-OH is 1. The molecule has 1 aromatic heterocycles. The predicted octanol–water partition coefficient (Wildman–Crippen LogP) is 2.33. The van der Waals surface area contributed by atoms with Crippen LogP contribution < -0.4 is 5.32 Å². The Hall–Kier alpha value is -1.23. The summed E-state index contributed by atoms with van der Waals surface area (Å²) in [6.07, 6.45) is 3.95. The van der Waals surface area contributed by atoms with Crippen molar-refractivity contribution in [2.45, 2.75) is 38.3 Å². The lowest BCUT2D eigenvalue weighted by atomic mass is 10.1. The second-order valence-electron chi connectivity index (χ2n) is 5.31. The lowest BCUT2D eigenvalue weighted by Gasteiger charge is -2.11. The fourth-order valence-corrected chi connectivity index (χ4v) is 3.75. The van der Waals surface area contributed by atoms with Gasteiger partial charge in [-0.25, -0.2) is 4.98 Å². The lowest BCUT2D eigenvalue weighted by Crippen LogP contribution is -2.28. The van der Waals surface area contributed by atoms with Gasteiger partial charge in [-0.1, -0.05) is 30.3 Å². The molecule has 0 aliphatic heterocycles. The average molecular weight is 288 g/mol. The average Bonchev–Trinajstić information content (AvgIpc) is 3.01. The summed E-state index contributed by atoms with van der Waals surface area (Å²) in [5.41, 5.74) is 2.48. The fourth-order valence-electron chi connectivity index (χ4n) is 2.62. The second-order valence-corrected chi connectivity index (χ2v) is 6.47. The smallest absolute Gasteiger partial charge is 0.107 e. The molecule has 0 bridgehead atoms. The van der Waals surface area contributed by atoms with E-state index in [1.54, 1.807) is 0 Å². The zero-order chi connectivity index (χ0) is 13.8. The predicted molar refractivity (Wildman–Crippen MR) is 82.0 cm³/mol. The van der Waals surface area contributed by atoms with Crippen molar-refractivity contribution in [3.63, 3.8) is 0 Å². The molecule has 1 unspecified atom stereocenters. The van der Waals surface area contributed by atoms with Crippen LogP contribution >= 0.6 is 11.3 Å². The van der Waals surface area contributed by atoms with E-state index < -0.39 is 0 Å². The zero-order valence-electron chi connectivity index (χ0n) is 11.5. The number of nitrogens with one attached hydrogen (secondary N) is 1. The van der Waals surface area contributed by atoms with E-state index in [4.69, 9.17) is 0 Å². The van der Waals surface area contributed by atoms with Gasteiger partial charge in [0, 0.05) is 18.0 Å². The number of aryl methyl sites for hydroxylation is 2. The van der Waals surface area contributed by atoms with E-state index in [0.29, 0.717) is 13.0 Å². The standard InChI is InChI=1S/C16H20N2OS/c19-13(9-12-5-2-1-3-6-12)10-17-11-16-18-14-7-4-8-15(14)20-16/h1-3,5-6,13,17,19H,4,7-11H2. The maximum absolute atomic E-state index is 10.0. The number of fused-ring (bicyclic) bond motifs is 1. The highest BCUT2D eigenvalue weighted by Crippen LogP contribution is 2.27. The number of rotatable bonds is 6. The van der Waals surface area contributed by atoms with Crippen LogP contribution in [0.15, 0.2) is 30.3 Å². The maximum atomic E-state index is 10.0. The highest BCUT2D eigenvalue weighted by molar-refractivity contribution is 7.11. The number of aliphatic hydroxyl groups is 1. The summed E-state index contributed by atoms with van der Waals surface area (Å²) in [7, 11) is 0. The number of hydrogen-bond donors (Lipinski definition) is 2. The Morgan fingerprint density at radius 3 is 2.90 bits per heavy atom. The molecule has 106 valence electrons. The number of benzene rings is 1. The molecule has 0 saturated heterocycles. The largest absolute Gasteiger partial charge is 0.391 e. The summed E-state index contributed by atoms with van der Waals surface area (Å²) in [6, 6.07) is 10.1. The van der Waals surface area contributed by atoms with Crippen LogP contribution in [0.3, 0.4) is 0 Å². The van der Waals surface area contributed by atoms with E-state index in [0.717, 1.165) is 18.0 Å². The summed E-state index contributed by atoms with van der Waals surface area (Å²) in [5.74, 6) is 0. The number of thiazole rings is 1. The van der Waals surface area contributed by atoms with E-state index in [2.05, 4.69) is 22.4 Å². The van der Waals surface area contributed by atoms with Crippen LogP contribution in [0.1, 0.15) is 27.6 Å². The Morgan fingerprint density at radius 2 is 2.10 bits per heavy atom. The Bertz CT molecular complexity index is 531. The van der Waals surface area contributed by atoms with Crippen molar-refractivity contribution in [1.82, 2.24) is 10.3 Å². The molecule has 20 heavy (non-hydrogen) atoms. The van der Waals surface area contributed by atoms with Crippen molar-refractivity contribution in [3.8, 4) is 0 Å². The van der Waals surface area contributed by atoms with Gasteiger partial charge in [0.05, 0.1) is 11.8 Å².